The van der Waals surface area contributed by atoms with Crippen LogP contribution in [0, 0.1) is 11.3 Å². The highest BCUT2D eigenvalue weighted by molar-refractivity contribution is 6.00. The summed E-state index contributed by atoms with van der Waals surface area (Å²) in [5.41, 5.74) is 1.86. The van der Waals surface area contributed by atoms with Crippen molar-refractivity contribution in [2.45, 2.75) is 25.6 Å². The van der Waals surface area contributed by atoms with Gasteiger partial charge in [0.1, 0.15) is 29.2 Å². The highest BCUT2D eigenvalue weighted by Gasteiger charge is 2.27. The second-order valence-electron chi connectivity index (χ2n) is 9.01. The van der Waals surface area contributed by atoms with Gasteiger partial charge in [0, 0.05) is 41.8 Å². The molecular weight excluding hydrogens is 477 g/mol. The highest BCUT2D eigenvalue weighted by atomic mass is 19.1. The molecule has 5 rings (SSSR count). The van der Waals surface area contributed by atoms with Crippen LogP contribution in [0.4, 0.5) is 15.8 Å². The standard InChI is InChI=1S/C26H22FN7O3/c1-26(2,36)22(27)13-31-25(35)18-12-29-23(34-6-5-16-7-15(10-28)11-30-24(16)34)9-20(18)33-17-3-4-19-21(8-17)37-14-32-19/h3-9,11-12,14,22,36H,13H2,1-2H3,(H,29,33)(H,31,35). The Morgan fingerprint density at radius 2 is 2.05 bits per heavy atom. The molecule has 37 heavy (non-hydrogen) atoms. The Balaban J connectivity index is 1.52. The van der Waals surface area contributed by atoms with Gasteiger partial charge in [-0.05, 0) is 38.1 Å². The van der Waals surface area contributed by atoms with E-state index < -0.39 is 17.7 Å². The molecule has 3 N–H and O–H groups in total. The van der Waals surface area contributed by atoms with Crippen LogP contribution in [0.5, 0.6) is 0 Å². The van der Waals surface area contributed by atoms with Crippen molar-refractivity contribution in [2.24, 2.45) is 0 Å². The van der Waals surface area contributed by atoms with Crippen LogP contribution in [-0.2, 0) is 0 Å². The number of alkyl halides is 1. The molecule has 4 heterocycles. The van der Waals surface area contributed by atoms with Crippen molar-refractivity contribution in [3.63, 3.8) is 0 Å². The fraction of sp³-hybridized carbons (Fsp3) is 0.192. The van der Waals surface area contributed by atoms with Gasteiger partial charge in [-0.2, -0.15) is 5.26 Å². The summed E-state index contributed by atoms with van der Waals surface area (Å²) in [6.07, 6.45) is 4.30. The van der Waals surface area contributed by atoms with E-state index in [1.54, 1.807) is 41.1 Å². The molecule has 4 aromatic heterocycles. The lowest BCUT2D eigenvalue weighted by atomic mass is 10.0. The predicted molar refractivity (Wildman–Crippen MR) is 134 cm³/mol. The predicted octanol–water partition coefficient (Wildman–Crippen LogP) is 4.02. The molecule has 0 bridgehead atoms. The zero-order valence-electron chi connectivity index (χ0n) is 19.9. The monoisotopic (exact) mass is 499 g/mol. The third kappa shape index (κ3) is 4.82. The second-order valence-corrected chi connectivity index (χ2v) is 9.01. The van der Waals surface area contributed by atoms with Crippen LogP contribution in [0.2, 0.25) is 0 Å². The van der Waals surface area contributed by atoms with Gasteiger partial charge in [0.25, 0.3) is 5.91 Å². The smallest absolute Gasteiger partial charge is 0.255 e. The van der Waals surface area contributed by atoms with Gasteiger partial charge < -0.3 is 20.2 Å². The Labute approximate surface area is 210 Å². The van der Waals surface area contributed by atoms with E-state index in [0.717, 1.165) is 5.39 Å². The molecule has 0 aliphatic rings. The van der Waals surface area contributed by atoms with Crippen LogP contribution in [0.15, 0.2) is 65.8 Å². The number of nitrogens with one attached hydrogen (secondary N) is 2. The van der Waals surface area contributed by atoms with Crippen molar-refractivity contribution in [1.82, 2.24) is 24.8 Å². The zero-order chi connectivity index (χ0) is 26.2. The molecule has 10 nitrogen and oxygen atoms in total. The number of oxazole rings is 1. The number of halogens is 1. The number of aromatic nitrogens is 4. The first-order valence-corrected chi connectivity index (χ1v) is 11.4. The van der Waals surface area contributed by atoms with Crippen molar-refractivity contribution in [3.8, 4) is 11.9 Å². The zero-order valence-corrected chi connectivity index (χ0v) is 19.9. The minimum Gasteiger partial charge on any atom is -0.443 e. The molecule has 0 saturated carbocycles. The van der Waals surface area contributed by atoms with Crippen molar-refractivity contribution in [2.75, 3.05) is 11.9 Å². The van der Waals surface area contributed by atoms with Gasteiger partial charge in [-0.25, -0.2) is 19.3 Å². The van der Waals surface area contributed by atoms with Crippen LogP contribution in [0.3, 0.4) is 0 Å². The molecule has 5 aromatic rings. The van der Waals surface area contributed by atoms with E-state index in [2.05, 4.69) is 31.7 Å². The maximum atomic E-state index is 14.3. The lowest BCUT2D eigenvalue weighted by Gasteiger charge is -2.22. The fourth-order valence-corrected chi connectivity index (χ4v) is 3.75. The lowest BCUT2D eigenvalue weighted by molar-refractivity contribution is -0.00177. The maximum Gasteiger partial charge on any atom is 0.255 e. The van der Waals surface area contributed by atoms with Crippen LogP contribution in [0.25, 0.3) is 28.0 Å². The number of nitrogens with zero attached hydrogens (tertiary/aromatic N) is 5. The van der Waals surface area contributed by atoms with Gasteiger partial charge in [0.2, 0.25) is 0 Å². The molecule has 1 amide bonds. The van der Waals surface area contributed by atoms with Gasteiger partial charge in [0.05, 0.1) is 29.0 Å². The molecule has 0 aliphatic carbocycles. The Hall–Kier alpha value is -4.82. The van der Waals surface area contributed by atoms with Crippen LogP contribution < -0.4 is 10.6 Å². The topological polar surface area (TPSA) is 142 Å². The number of carbonyl (C=O) groups is 1. The van der Waals surface area contributed by atoms with E-state index in [1.807, 2.05) is 6.07 Å². The van der Waals surface area contributed by atoms with E-state index >= 15 is 0 Å². The molecule has 0 saturated heterocycles. The number of aliphatic hydroxyl groups is 1. The summed E-state index contributed by atoms with van der Waals surface area (Å²) >= 11 is 0. The maximum absolute atomic E-state index is 14.3. The normalized spacial score (nSPS) is 12.4. The number of nitriles is 1. The average molecular weight is 500 g/mol. The number of rotatable bonds is 7. The summed E-state index contributed by atoms with van der Waals surface area (Å²) in [6, 6.07) is 12.6. The van der Waals surface area contributed by atoms with Crippen LogP contribution in [-0.4, -0.2) is 48.9 Å². The third-order valence-electron chi connectivity index (χ3n) is 5.86. The summed E-state index contributed by atoms with van der Waals surface area (Å²) in [5.74, 6) is -0.102. The molecule has 1 aromatic carbocycles. The number of pyridine rings is 2. The van der Waals surface area contributed by atoms with Crippen molar-refractivity contribution >= 4 is 39.4 Å². The number of benzene rings is 1. The van der Waals surface area contributed by atoms with Gasteiger partial charge >= 0.3 is 0 Å². The molecule has 11 heteroatoms. The first kappa shape index (κ1) is 23.9. The number of hydrogen-bond acceptors (Lipinski definition) is 8. The fourth-order valence-electron chi connectivity index (χ4n) is 3.75. The quantitative estimate of drug-likeness (QED) is 0.305. The Morgan fingerprint density at radius 1 is 1.22 bits per heavy atom. The number of hydrogen-bond donors (Lipinski definition) is 3. The molecule has 186 valence electrons. The SMILES string of the molecule is CC(C)(O)C(F)CNC(=O)c1cnc(-n2ccc3cc(C#N)cnc32)cc1Nc1ccc2ncoc2c1. The van der Waals surface area contributed by atoms with Gasteiger partial charge in [0.15, 0.2) is 12.0 Å². The first-order valence-electron chi connectivity index (χ1n) is 11.4. The molecule has 0 radical (unpaired) electrons. The van der Waals surface area contributed by atoms with Crippen LogP contribution >= 0.6 is 0 Å². The third-order valence-corrected chi connectivity index (χ3v) is 5.86. The van der Waals surface area contributed by atoms with Crippen molar-refractivity contribution in [3.05, 3.63) is 72.5 Å². The lowest BCUT2D eigenvalue weighted by Crippen LogP contribution is -2.42. The second kappa shape index (κ2) is 9.33. The Kier molecular flexibility index (Phi) is 6.02. The van der Waals surface area contributed by atoms with Crippen LogP contribution in [0.1, 0.15) is 29.8 Å². The van der Waals surface area contributed by atoms with E-state index in [0.29, 0.717) is 39.5 Å². The van der Waals surface area contributed by atoms with Gasteiger partial charge in [-0.15, -0.1) is 0 Å². The number of amides is 1. The summed E-state index contributed by atoms with van der Waals surface area (Å²) in [7, 11) is 0. The molecular formula is C26H22FN7O3. The van der Waals surface area contributed by atoms with Crippen molar-refractivity contribution in [1.29, 1.82) is 5.26 Å². The minimum atomic E-state index is -1.66. The first-order chi connectivity index (χ1) is 17.7. The molecule has 1 unspecified atom stereocenters. The molecule has 0 spiro atoms. The highest BCUT2D eigenvalue weighted by Crippen LogP contribution is 2.27. The summed E-state index contributed by atoms with van der Waals surface area (Å²) in [5, 5.41) is 25.5. The van der Waals surface area contributed by atoms with Crippen molar-refractivity contribution < 1.29 is 18.7 Å². The Bertz CT molecular complexity index is 1660. The van der Waals surface area contributed by atoms with E-state index in [4.69, 9.17) is 9.68 Å². The summed E-state index contributed by atoms with van der Waals surface area (Å²) in [6.45, 7) is 2.30. The number of carbonyl (C=O) groups excluding carboxylic acids is 1. The van der Waals surface area contributed by atoms with E-state index in [1.165, 1.54) is 32.6 Å². The summed E-state index contributed by atoms with van der Waals surface area (Å²) in [4.78, 5) is 25.9. The minimum absolute atomic E-state index is 0.167. The van der Waals surface area contributed by atoms with Gasteiger partial charge in [-0.1, -0.05) is 0 Å². The van der Waals surface area contributed by atoms with E-state index in [9.17, 15) is 14.3 Å². The average Bonchev–Trinajstić information content (AvgIpc) is 3.52. The largest absolute Gasteiger partial charge is 0.443 e. The number of anilines is 2. The molecule has 0 aliphatic heterocycles. The molecule has 1 atom stereocenters. The molecule has 0 fully saturated rings. The van der Waals surface area contributed by atoms with Gasteiger partial charge in [-0.3, -0.25) is 9.36 Å². The summed E-state index contributed by atoms with van der Waals surface area (Å²) < 4.78 is 21.4. The number of fused-ring (bicyclic) bond motifs is 2. The Morgan fingerprint density at radius 3 is 2.84 bits per heavy atom. The van der Waals surface area contributed by atoms with E-state index in [-0.39, 0.29) is 12.1 Å².